The van der Waals surface area contributed by atoms with Crippen LogP contribution in [-0.2, 0) is 6.42 Å². The summed E-state index contributed by atoms with van der Waals surface area (Å²) in [6.07, 6.45) is 6.40. The Bertz CT molecular complexity index is 505. The molecule has 2 N–H and O–H groups in total. The van der Waals surface area contributed by atoms with E-state index in [2.05, 4.69) is 11.9 Å². The van der Waals surface area contributed by atoms with Crippen LogP contribution in [0.3, 0.4) is 0 Å². The second kappa shape index (κ2) is 5.08. The number of hydrogen-bond acceptors (Lipinski definition) is 3. The van der Waals surface area contributed by atoms with E-state index in [0.29, 0.717) is 0 Å². The van der Waals surface area contributed by atoms with E-state index in [1.807, 2.05) is 22.7 Å². The molecule has 0 aromatic carbocycles. The van der Waals surface area contributed by atoms with Crippen LogP contribution in [0.5, 0.6) is 5.75 Å². The number of fused-ring (bicyclic) bond motifs is 1. The minimum atomic E-state index is 0.731. The van der Waals surface area contributed by atoms with Gasteiger partial charge in [-0.05, 0) is 25.0 Å². The van der Waals surface area contributed by atoms with Crippen molar-refractivity contribution < 1.29 is 4.74 Å². The number of aryl methyl sites for hydroxylation is 1. The van der Waals surface area contributed by atoms with E-state index in [9.17, 15) is 0 Å². The van der Waals surface area contributed by atoms with Gasteiger partial charge in [-0.1, -0.05) is 19.8 Å². The number of nitrogen functional groups attached to an aromatic ring is 1. The van der Waals surface area contributed by atoms with Gasteiger partial charge in [0.1, 0.15) is 5.82 Å². The van der Waals surface area contributed by atoms with E-state index < -0.39 is 0 Å². The predicted octanol–water partition coefficient (Wildman–Crippen LogP) is 2.66. The van der Waals surface area contributed by atoms with Gasteiger partial charge in [0.2, 0.25) is 0 Å². The first kappa shape index (κ1) is 11.8. The number of nitrogens with two attached hydrogens (primary N) is 1. The van der Waals surface area contributed by atoms with Crippen molar-refractivity contribution in [3.8, 4) is 5.75 Å². The summed E-state index contributed by atoms with van der Waals surface area (Å²) in [5.41, 5.74) is 7.87. The first-order valence-electron chi connectivity index (χ1n) is 6.07. The van der Waals surface area contributed by atoms with Gasteiger partial charge in [-0.25, -0.2) is 4.98 Å². The zero-order valence-corrected chi connectivity index (χ0v) is 10.4. The van der Waals surface area contributed by atoms with E-state index in [-0.39, 0.29) is 0 Å². The van der Waals surface area contributed by atoms with Crippen LogP contribution in [0.15, 0.2) is 18.3 Å². The lowest BCUT2D eigenvalue weighted by Gasteiger charge is -2.01. The van der Waals surface area contributed by atoms with Crippen molar-refractivity contribution in [1.82, 2.24) is 9.38 Å². The number of rotatable bonds is 5. The van der Waals surface area contributed by atoms with Crippen LogP contribution in [0.25, 0.3) is 5.65 Å². The highest BCUT2D eigenvalue weighted by Crippen LogP contribution is 2.24. The second-order valence-electron chi connectivity index (χ2n) is 4.17. The quantitative estimate of drug-likeness (QED) is 0.808. The molecular weight excluding hydrogens is 214 g/mol. The van der Waals surface area contributed by atoms with Crippen LogP contribution in [0.1, 0.15) is 31.9 Å². The lowest BCUT2D eigenvalue weighted by Crippen LogP contribution is -1.96. The molecule has 4 nitrogen and oxygen atoms in total. The number of unbranched alkanes of at least 4 members (excludes halogenated alkanes) is 2. The van der Waals surface area contributed by atoms with Gasteiger partial charge in [0.05, 0.1) is 12.8 Å². The smallest absolute Gasteiger partial charge is 0.181 e. The molecule has 0 unspecified atom stereocenters. The van der Waals surface area contributed by atoms with E-state index in [1.54, 1.807) is 7.11 Å². The van der Waals surface area contributed by atoms with Gasteiger partial charge < -0.3 is 10.5 Å². The first-order chi connectivity index (χ1) is 8.27. The maximum atomic E-state index is 6.09. The van der Waals surface area contributed by atoms with Gasteiger partial charge in [0.25, 0.3) is 0 Å². The van der Waals surface area contributed by atoms with Crippen molar-refractivity contribution in [2.24, 2.45) is 0 Å². The molecule has 2 heterocycles. The van der Waals surface area contributed by atoms with Crippen molar-refractivity contribution in [2.45, 2.75) is 32.6 Å². The molecule has 2 aromatic heterocycles. The minimum Gasteiger partial charge on any atom is -0.493 e. The Morgan fingerprint density at radius 2 is 2.24 bits per heavy atom. The summed E-state index contributed by atoms with van der Waals surface area (Å²) in [5.74, 6) is 1.50. The predicted molar refractivity (Wildman–Crippen MR) is 69.4 cm³/mol. The Balaban J connectivity index is 2.35. The molecule has 0 radical (unpaired) electrons. The topological polar surface area (TPSA) is 52.5 Å². The molecule has 0 aliphatic rings. The molecule has 0 saturated heterocycles. The fourth-order valence-electron chi connectivity index (χ4n) is 1.99. The second-order valence-corrected chi connectivity index (χ2v) is 4.17. The summed E-state index contributed by atoms with van der Waals surface area (Å²) in [7, 11) is 1.65. The molecule has 0 fully saturated rings. The molecule has 17 heavy (non-hydrogen) atoms. The molecule has 0 spiro atoms. The van der Waals surface area contributed by atoms with E-state index in [0.717, 1.165) is 35.8 Å². The van der Waals surface area contributed by atoms with Crippen molar-refractivity contribution in [2.75, 3.05) is 12.8 Å². The molecular formula is C13H19N3O. The zero-order chi connectivity index (χ0) is 12.3. The van der Waals surface area contributed by atoms with Crippen molar-refractivity contribution >= 4 is 11.5 Å². The Kier molecular flexibility index (Phi) is 3.52. The number of ether oxygens (including phenoxy) is 1. The largest absolute Gasteiger partial charge is 0.493 e. The molecule has 0 saturated carbocycles. The Labute approximate surface area is 101 Å². The van der Waals surface area contributed by atoms with Gasteiger partial charge in [-0.2, -0.15) is 0 Å². The van der Waals surface area contributed by atoms with Crippen molar-refractivity contribution in [1.29, 1.82) is 0 Å². The summed E-state index contributed by atoms with van der Waals surface area (Å²) < 4.78 is 7.17. The third kappa shape index (κ3) is 2.20. The van der Waals surface area contributed by atoms with Gasteiger partial charge in [0.15, 0.2) is 11.4 Å². The molecule has 92 valence electrons. The van der Waals surface area contributed by atoms with Crippen LogP contribution in [0.4, 0.5) is 5.82 Å². The number of nitrogens with zero attached hydrogens (tertiary/aromatic N) is 2. The zero-order valence-electron chi connectivity index (χ0n) is 10.4. The number of imidazole rings is 1. The Hall–Kier alpha value is -1.71. The number of methoxy groups -OCH3 is 1. The molecule has 0 atom stereocenters. The van der Waals surface area contributed by atoms with Gasteiger partial charge in [-0.3, -0.25) is 4.40 Å². The third-order valence-electron chi connectivity index (χ3n) is 2.96. The average molecular weight is 233 g/mol. The number of aromatic nitrogens is 2. The Morgan fingerprint density at radius 1 is 1.41 bits per heavy atom. The van der Waals surface area contributed by atoms with Crippen LogP contribution in [0, 0.1) is 0 Å². The van der Waals surface area contributed by atoms with E-state index in [4.69, 9.17) is 10.5 Å². The van der Waals surface area contributed by atoms with Crippen LogP contribution < -0.4 is 10.5 Å². The maximum absolute atomic E-state index is 6.09. The summed E-state index contributed by atoms with van der Waals surface area (Å²) in [5, 5.41) is 0. The SMILES string of the molecule is CCCCCc1nc2c(OC)cccn2c1N. The van der Waals surface area contributed by atoms with Crippen LogP contribution in [0.2, 0.25) is 0 Å². The molecule has 0 aliphatic carbocycles. The number of anilines is 1. The van der Waals surface area contributed by atoms with Gasteiger partial charge in [-0.15, -0.1) is 0 Å². The lowest BCUT2D eigenvalue weighted by molar-refractivity contribution is 0.417. The minimum absolute atomic E-state index is 0.731. The third-order valence-corrected chi connectivity index (χ3v) is 2.96. The van der Waals surface area contributed by atoms with Gasteiger partial charge >= 0.3 is 0 Å². The molecule has 2 aromatic rings. The normalized spacial score (nSPS) is 10.9. The summed E-state index contributed by atoms with van der Waals surface area (Å²) in [6, 6.07) is 3.82. The highest BCUT2D eigenvalue weighted by atomic mass is 16.5. The Morgan fingerprint density at radius 3 is 2.94 bits per heavy atom. The average Bonchev–Trinajstić information content (AvgIpc) is 2.67. The van der Waals surface area contributed by atoms with Crippen molar-refractivity contribution in [3.63, 3.8) is 0 Å². The van der Waals surface area contributed by atoms with Gasteiger partial charge in [0, 0.05) is 6.20 Å². The number of hydrogen-bond donors (Lipinski definition) is 1. The molecule has 4 heteroatoms. The highest BCUT2D eigenvalue weighted by molar-refractivity contribution is 5.61. The van der Waals surface area contributed by atoms with Crippen LogP contribution in [-0.4, -0.2) is 16.5 Å². The van der Waals surface area contributed by atoms with Crippen molar-refractivity contribution in [3.05, 3.63) is 24.0 Å². The summed E-state index contributed by atoms with van der Waals surface area (Å²) in [4.78, 5) is 4.57. The lowest BCUT2D eigenvalue weighted by atomic mass is 10.1. The van der Waals surface area contributed by atoms with E-state index in [1.165, 1.54) is 12.8 Å². The fraction of sp³-hybridized carbons (Fsp3) is 0.462. The first-order valence-corrected chi connectivity index (χ1v) is 6.07. The fourth-order valence-corrected chi connectivity index (χ4v) is 1.99. The highest BCUT2D eigenvalue weighted by Gasteiger charge is 2.11. The molecule has 0 amide bonds. The molecule has 0 bridgehead atoms. The van der Waals surface area contributed by atoms with E-state index >= 15 is 0 Å². The van der Waals surface area contributed by atoms with Crippen LogP contribution >= 0.6 is 0 Å². The maximum Gasteiger partial charge on any atom is 0.181 e. The number of pyridine rings is 1. The summed E-state index contributed by atoms with van der Waals surface area (Å²) in [6.45, 7) is 2.19. The standard InChI is InChI=1S/C13H19N3O/c1-3-4-5-7-10-12(14)16-9-6-8-11(17-2)13(16)15-10/h6,8-9H,3-5,7,14H2,1-2H3. The summed E-state index contributed by atoms with van der Waals surface area (Å²) >= 11 is 0. The molecule has 2 rings (SSSR count). The monoisotopic (exact) mass is 233 g/mol. The molecule has 0 aliphatic heterocycles.